The van der Waals surface area contributed by atoms with Gasteiger partial charge in [0.2, 0.25) is 0 Å². The van der Waals surface area contributed by atoms with Crippen LogP contribution in [-0.4, -0.2) is 25.4 Å². The minimum atomic E-state index is -5.16. The Hall–Kier alpha value is -1.90. The second-order valence-electron chi connectivity index (χ2n) is 6.57. The van der Waals surface area contributed by atoms with Crippen molar-refractivity contribution in [3.05, 3.63) is 36.2 Å². The quantitative estimate of drug-likeness (QED) is 0.389. The summed E-state index contributed by atoms with van der Waals surface area (Å²) in [5.74, 6) is -3.88. The average Bonchev–Trinajstić information content (AvgIpc) is 2.61. The highest BCUT2D eigenvalue weighted by molar-refractivity contribution is 5.44. The first kappa shape index (κ1) is 22.4. The highest BCUT2D eigenvalue weighted by Crippen LogP contribution is 2.43. The Kier molecular flexibility index (Phi) is 7.25. The summed E-state index contributed by atoms with van der Waals surface area (Å²) in [7, 11) is 0. The van der Waals surface area contributed by atoms with E-state index in [0.717, 1.165) is 18.9 Å². The molecule has 28 heavy (non-hydrogen) atoms. The standard InChI is InChI=1S/C19H22F6O3/c1-3-5-12-6-9-15(27-11-12)19(24,25)28-14-8-7-13(26-10-4-2)16(17(14)20)18(21,22)23/h4,7-8,12,15H,2-3,5-6,9-11H2,1H3. The van der Waals surface area contributed by atoms with Crippen LogP contribution in [-0.2, 0) is 10.9 Å². The fourth-order valence-electron chi connectivity index (χ4n) is 3.07. The Morgan fingerprint density at radius 3 is 2.39 bits per heavy atom. The summed E-state index contributed by atoms with van der Waals surface area (Å²) in [5, 5.41) is 0. The first-order valence-electron chi connectivity index (χ1n) is 8.92. The molecule has 3 nitrogen and oxygen atoms in total. The van der Waals surface area contributed by atoms with Crippen LogP contribution in [0.2, 0.25) is 0 Å². The third-order valence-corrected chi connectivity index (χ3v) is 4.40. The SMILES string of the molecule is C=CCOc1ccc(OC(F)(F)C2CCC(CCC)CO2)c(F)c1C(F)(F)F. The van der Waals surface area contributed by atoms with Gasteiger partial charge in [0, 0.05) is 0 Å². The maximum Gasteiger partial charge on any atom is 0.424 e. The van der Waals surface area contributed by atoms with Gasteiger partial charge in [0.05, 0.1) is 6.61 Å². The minimum Gasteiger partial charge on any atom is -0.489 e. The van der Waals surface area contributed by atoms with E-state index >= 15 is 0 Å². The van der Waals surface area contributed by atoms with Crippen molar-refractivity contribution >= 4 is 0 Å². The Balaban J connectivity index is 2.22. The maximum atomic E-state index is 14.4. The molecule has 1 aromatic carbocycles. The average molecular weight is 412 g/mol. The number of ether oxygens (including phenoxy) is 3. The molecule has 1 aliphatic heterocycles. The highest BCUT2D eigenvalue weighted by atomic mass is 19.4. The predicted molar refractivity (Wildman–Crippen MR) is 90.0 cm³/mol. The van der Waals surface area contributed by atoms with Crippen LogP contribution in [0, 0.1) is 11.7 Å². The molecule has 0 spiro atoms. The zero-order valence-electron chi connectivity index (χ0n) is 15.3. The zero-order chi connectivity index (χ0) is 20.9. The van der Waals surface area contributed by atoms with Gasteiger partial charge in [0.25, 0.3) is 0 Å². The Morgan fingerprint density at radius 1 is 1.18 bits per heavy atom. The Bertz CT molecular complexity index is 666. The van der Waals surface area contributed by atoms with Crippen LogP contribution in [0.25, 0.3) is 0 Å². The molecule has 0 aromatic heterocycles. The Morgan fingerprint density at radius 2 is 1.86 bits per heavy atom. The van der Waals surface area contributed by atoms with Gasteiger partial charge in [0.1, 0.15) is 17.9 Å². The van der Waals surface area contributed by atoms with Crippen molar-refractivity contribution in [3.8, 4) is 11.5 Å². The lowest BCUT2D eigenvalue weighted by Crippen LogP contribution is -2.44. The molecule has 0 aliphatic carbocycles. The van der Waals surface area contributed by atoms with Crippen LogP contribution in [0.3, 0.4) is 0 Å². The van der Waals surface area contributed by atoms with Crippen molar-refractivity contribution in [1.29, 1.82) is 0 Å². The second-order valence-corrected chi connectivity index (χ2v) is 6.57. The van der Waals surface area contributed by atoms with E-state index in [4.69, 9.17) is 9.47 Å². The number of benzene rings is 1. The monoisotopic (exact) mass is 412 g/mol. The van der Waals surface area contributed by atoms with Gasteiger partial charge in [-0.1, -0.05) is 26.0 Å². The molecular weight excluding hydrogens is 390 g/mol. The summed E-state index contributed by atoms with van der Waals surface area (Å²) in [5.41, 5.74) is -1.81. The van der Waals surface area contributed by atoms with Gasteiger partial charge in [-0.15, -0.1) is 0 Å². The largest absolute Gasteiger partial charge is 0.489 e. The van der Waals surface area contributed by atoms with E-state index in [2.05, 4.69) is 11.3 Å². The van der Waals surface area contributed by atoms with E-state index in [-0.39, 0.29) is 25.6 Å². The molecule has 1 fully saturated rings. The highest BCUT2D eigenvalue weighted by Gasteiger charge is 2.47. The molecule has 1 heterocycles. The van der Waals surface area contributed by atoms with Crippen LogP contribution >= 0.6 is 0 Å². The zero-order valence-corrected chi connectivity index (χ0v) is 15.3. The molecule has 1 saturated heterocycles. The molecule has 0 radical (unpaired) electrons. The molecule has 0 N–H and O–H groups in total. The molecule has 158 valence electrons. The van der Waals surface area contributed by atoms with Crippen molar-refractivity contribution in [2.75, 3.05) is 13.2 Å². The van der Waals surface area contributed by atoms with Crippen LogP contribution in [0.1, 0.15) is 38.2 Å². The van der Waals surface area contributed by atoms with Crippen LogP contribution in [0.5, 0.6) is 11.5 Å². The number of rotatable bonds is 8. The summed E-state index contributed by atoms with van der Waals surface area (Å²) in [6, 6.07) is 1.42. The molecule has 2 rings (SSSR count). The number of halogens is 6. The molecule has 1 aromatic rings. The van der Waals surface area contributed by atoms with Crippen molar-refractivity contribution in [2.45, 2.75) is 51.0 Å². The predicted octanol–water partition coefficient (Wildman–Crippen LogP) is 5.98. The lowest BCUT2D eigenvalue weighted by Gasteiger charge is -2.33. The smallest absolute Gasteiger partial charge is 0.424 e. The van der Waals surface area contributed by atoms with Gasteiger partial charge in [0.15, 0.2) is 17.7 Å². The second kappa shape index (κ2) is 9.07. The van der Waals surface area contributed by atoms with Crippen LogP contribution in [0.15, 0.2) is 24.8 Å². The van der Waals surface area contributed by atoms with Crippen LogP contribution in [0.4, 0.5) is 26.3 Å². The topological polar surface area (TPSA) is 27.7 Å². The molecule has 2 unspecified atom stereocenters. The third-order valence-electron chi connectivity index (χ3n) is 4.40. The normalized spacial score (nSPS) is 20.7. The first-order chi connectivity index (χ1) is 13.1. The number of hydrogen-bond donors (Lipinski definition) is 0. The van der Waals surface area contributed by atoms with Crippen molar-refractivity contribution < 1.29 is 40.6 Å². The van der Waals surface area contributed by atoms with E-state index in [1.54, 1.807) is 0 Å². The van der Waals surface area contributed by atoms with E-state index in [9.17, 15) is 26.3 Å². The van der Waals surface area contributed by atoms with Gasteiger partial charge in [-0.2, -0.15) is 22.0 Å². The molecule has 2 atom stereocenters. The molecular formula is C19H22F6O3. The first-order valence-corrected chi connectivity index (χ1v) is 8.92. The van der Waals surface area contributed by atoms with E-state index in [1.165, 1.54) is 6.08 Å². The summed E-state index contributed by atoms with van der Waals surface area (Å²) in [6.45, 7) is 5.04. The molecule has 9 heteroatoms. The maximum absolute atomic E-state index is 14.4. The van der Waals surface area contributed by atoms with Crippen LogP contribution < -0.4 is 9.47 Å². The molecule has 0 amide bonds. The van der Waals surface area contributed by atoms with Crippen molar-refractivity contribution in [2.24, 2.45) is 5.92 Å². The summed E-state index contributed by atoms with van der Waals surface area (Å²) >= 11 is 0. The minimum absolute atomic E-state index is 0.0358. The number of alkyl halides is 5. The van der Waals surface area contributed by atoms with Gasteiger partial charge in [-0.25, -0.2) is 4.39 Å². The summed E-state index contributed by atoms with van der Waals surface area (Å²) < 4.78 is 97.0. The van der Waals surface area contributed by atoms with Gasteiger partial charge >= 0.3 is 12.3 Å². The fraction of sp³-hybridized carbons (Fsp3) is 0.579. The molecule has 0 bridgehead atoms. The lowest BCUT2D eigenvalue weighted by atomic mass is 9.94. The van der Waals surface area contributed by atoms with Crippen molar-refractivity contribution in [3.63, 3.8) is 0 Å². The van der Waals surface area contributed by atoms with Gasteiger partial charge < -0.3 is 14.2 Å². The van der Waals surface area contributed by atoms with Gasteiger partial charge in [-0.05, 0) is 37.3 Å². The summed E-state index contributed by atoms with van der Waals surface area (Å²) in [4.78, 5) is 0. The van der Waals surface area contributed by atoms with Crippen molar-refractivity contribution in [1.82, 2.24) is 0 Å². The molecule has 0 saturated carbocycles. The van der Waals surface area contributed by atoms with Gasteiger partial charge in [-0.3, -0.25) is 0 Å². The molecule has 1 aliphatic rings. The van der Waals surface area contributed by atoms with E-state index in [0.29, 0.717) is 12.5 Å². The lowest BCUT2D eigenvalue weighted by molar-refractivity contribution is -0.266. The Labute approximate surface area is 159 Å². The fourth-order valence-corrected chi connectivity index (χ4v) is 3.07. The van der Waals surface area contributed by atoms with E-state index < -0.39 is 41.3 Å². The third kappa shape index (κ3) is 5.33. The summed E-state index contributed by atoms with van der Waals surface area (Å²) in [6.07, 6.45) is -7.48. The van der Waals surface area contributed by atoms with E-state index in [1.807, 2.05) is 6.92 Å². The number of hydrogen-bond acceptors (Lipinski definition) is 3.